The first-order valence-corrected chi connectivity index (χ1v) is 7.79. The topological polar surface area (TPSA) is 50.2 Å². The van der Waals surface area contributed by atoms with Gasteiger partial charge in [-0.1, -0.05) is 6.92 Å². The third-order valence-electron chi connectivity index (χ3n) is 4.53. The Labute approximate surface area is 120 Å². The quantitative estimate of drug-likeness (QED) is 0.884. The minimum atomic E-state index is 0.210. The van der Waals surface area contributed by atoms with Gasteiger partial charge < -0.3 is 10.2 Å². The lowest BCUT2D eigenvalue weighted by molar-refractivity contribution is -0.135. The average molecular weight is 276 g/mol. The fraction of sp³-hybridized carbons (Fsp3) is 0.733. The van der Waals surface area contributed by atoms with Crippen molar-refractivity contribution in [3.05, 3.63) is 18.5 Å². The van der Waals surface area contributed by atoms with Crippen LogP contribution in [0.25, 0.3) is 0 Å². The Morgan fingerprint density at radius 3 is 2.75 bits per heavy atom. The number of carbonyl (C=O) groups is 1. The van der Waals surface area contributed by atoms with E-state index in [0.717, 1.165) is 25.8 Å². The highest BCUT2D eigenvalue weighted by Gasteiger charge is 2.37. The summed E-state index contributed by atoms with van der Waals surface area (Å²) in [5.74, 6) is 0.210. The smallest absolute Gasteiger partial charge is 0.244 e. The molecule has 5 nitrogen and oxygen atoms in total. The van der Waals surface area contributed by atoms with Crippen molar-refractivity contribution in [2.24, 2.45) is 0 Å². The molecule has 0 aromatic carbocycles. The van der Waals surface area contributed by atoms with Gasteiger partial charge in [0, 0.05) is 37.1 Å². The predicted molar refractivity (Wildman–Crippen MR) is 77.2 cm³/mol. The number of piperidine rings is 1. The van der Waals surface area contributed by atoms with E-state index in [1.807, 2.05) is 12.3 Å². The van der Waals surface area contributed by atoms with Gasteiger partial charge in [-0.15, -0.1) is 0 Å². The van der Waals surface area contributed by atoms with E-state index in [4.69, 9.17) is 0 Å². The van der Waals surface area contributed by atoms with Gasteiger partial charge in [0.1, 0.15) is 6.54 Å². The molecule has 2 saturated heterocycles. The predicted octanol–water partition coefficient (Wildman–Crippen LogP) is 1.40. The maximum atomic E-state index is 12.6. The molecule has 2 atom stereocenters. The van der Waals surface area contributed by atoms with Gasteiger partial charge in [-0.05, 0) is 38.2 Å². The van der Waals surface area contributed by atoms with Crippen molar-refractivity contribution in [1.82, 2.24) is 20.0 Å². The van der Waals surface area contributed by atoms with Crippen LogP contribution in [0.1, 0.15) is 39.0 Å². The molecule has 0 radical (unpaired) electrons. The summed E-state index contributed by atoms with van der Waals surface area (Å²) in [4.78, 5) is 14.7. The second kappa shape index (κ2) is 5.95. The second-order valence-electron chi connectivity index (χ2n) is 6.05. The Kier molecular flexibility index (Phi) is 4.05. The van der Waals surface area contributed by atoms with Crippen molar-refractivity contribution in [1.29, 1.82) is 0 Å². The molecular formula is C15H24N4O. The molecule has 110 valence electrons. The minimum absolute atomic E-state index is 0.210. The van der Waals surface area contributed by atoms with Crippen LogP contribution in [0.3, 0.4) is 0 Å². The van der Waals surface area contributed by atoms with E-state index >= 15 is 0 Å². The summed E-state index contributed by atoms with van der Waals surface area (Å²) < 4.78 is 1.72. The SMILES string of the molecule is CCCN(C(=O)Cn1cccn1)C1CC2CCC(C1)N2. The molecule has 0 aliphatic carbocycles. The molecule has 3 rings (SSSR count). The van der Waals surface area contributed by atoms with Crippen molar-refractivity contribution in [3.8, 4) is 0 Å². The lowest BCUT2D eigenvalue weighted by atomic mass is 9.98. The summed E-state index contributed by atoms with van der Waals surface area (Å²) in [5.41, 5.74) is 0. The van der Waals surface area contributed by atoms with Gasteiger partial charge in [0.2, 0.25) is 5.91 Å². The van der Waals surface area contributed by atoms with Crippen LogP contribution in [0.5, 0.6) is 0 Å². The normalized spacial score (nSPS) is 28.6. The molecule has 1 aromatic heterocycles. The van der Waals surface area contributed by atoms with Crippen LogP contribution in [0.15, 0.2) is 18.5 Å². The number of rotatable bonds is 5. The van der Waals surface area contributed by atoms with E-state index in [1.54, 1.807) is 10.9 Å². The lowest BCUT2D eigenvalue weighted by Crippen LogP contribution is -2.51. The van der Waals surface area contributed by atoms with E-state index in [2.05, 4.69) is 22.2 Å². The van der Waals surface area contributed by atoms with Gasteiger partial charge in [-0.3, -0.25) is 9.48 Å². The highest BCUT2D eigenvalue weighted by molar-refractivity contribution is 5.76. The Hall–Kier alpha value is -1.36. The highest BCUT2D eigenvalue weighted by atomic mass is 16.2. The summed E-state index contributed by atoms with van der Waals surface area (Å²) >= 11 is 0. The number of amides is 1. The van der Waals surface area contributed by atoms with E-state index in [9.17, 15) is 4.79 Å². The Morgan fingerprint density at radius 1 is 1.40 bits per heavy atom. The molecule has 2 aliphatic heterocycles. The number of carbonyl (C=O) groups excluding carboxylic acids is 1. The van der Waals surface area contributed by atoms with Gasteiger partial charge in [0.25, 0.3) is 0 Å². The molecule has 1 aromatic rings. The van der Waals surface area contributed by atoms with Crippen LogP contribution >= 0.6 is 0 Å². The van der Waals surface area contributed by atoms with E-state index in [-0.39, 0.29) is 5.91 Å². The van der Waals surface area contributed by atoms with Crippen molar-refractivity contribution in [2.45, 2.75) is 63.7 Å². The van der Waals surface area contributed by atoms with Crippen molar-refractivity contribution in [2.75, 3.05) is 6.54 Å². The van der Waals surface area contributed by atoms with Gasteiger partial charge >= 0.3 is 0 Å². The lowest BCUT2D eigenvalue weighted by Gasteiger charge is -2.37. The average Bonchev–Trinajstić information content (AvgIpc) is 3.05. The monoisotopic (exact) mass is 276 g/mol. The summed E-state index contributed by atoms with van der Waals surface area (Å²) in [6.07, 6.45) is 9.37. The maximum Gasteiger partial charge on any atom is 0.244 e. The molecule has 0 saturated carbocycles. The van der Waals surface area contributed by atoms with Crippen LogP contribution < -0.4 is 5.32 Å². The third kappa shape index (κ3) is 2.87. The zero-order chi connectivity index (χ0) is 13.9. The first kappa shape index (κ1) is 13.6. The largest absolute Gasteiger partial charge is 0.338 e. The minimum Gasteiger partial charge on any atom is -0.338 e. The third-order valence-corrected chi connectivity index (χ3v) is 4.53. The first-order chi connectivity index (χ1) is 9.76. The number of nitrogens with one attached hydrogen (secondary N) is 1. The zero-order valence-corrected chi connectivity index (χ0v) is 12.2. The molecule has 20 heavy (non-hydrogen) atoms. The Bertz CT molecular complexity index is 433. The number of fused-ring (bicyclic) bond motifs is 2. The fourth-order valence-corrected chi connectivity index (χ4v) is 3.66. The molecule has 2 aliphatic rings. The molecule has 0 spiro atoms. The molecule has 1 amide bonds. The number of hydrogen-bond acceptors (Lipinski definition) is 3. The molecular weight excluding hydrogens is 252 g/mol. The zero-order valence-electron chi connectivity index (χ0n) is 12.2. The summed E-state index contributed by atoms with van der Waals surface area (Å²) in [5, 5.41) is 7.79. The van der Waals surface area contributed by atoms with E-state index in [1.165, 1.54) is 12.8 Å². The van der Waals surface area contributed by atoms with Crippen LogP contribution in [-0.4, -0.2) is 45.3 Å². The summed E-state index contributed by atoms with van der Waals surface area (Å²) in [7, 11) is 0. The number of hydrogen-bond donors (Lipinski definition) is 1. The van der Waals surface area contributed by atoms with Gasteiger partial charge in [-0.2, -0.15) is 5.10 Å². The second-order valence-corrected chi connectivity index (χ2v) is 6.05. The van der Waals surface area contributed by atoms with E-state index < -0.39 is 0 Å². The van der Waals surface area contributed by atoms with Gasteiger partial charge in [0.15, 0.2) is 0 Å². The molecule has 2 bridgehead atoms. The highest BCUT2D eigenvalue weighted by Crippen LogP contribution is 2.30. The number of nitrogens with zero attached hydrogens (tertiary/aromatic N) is 3. The molecule has 5 heteroatoms. The fourth-order valence-electron chi connectivity index (χ4n) is 3.66. The van der Waals surface area contributed by atoms with Gasteiger partial charge in [-0.25, -0.2) is 0 Å². The van der Waals surface area contributed by atoms with Crippen molar-refractivity contribution < 1.29 is 4.79 Å². The first-order valence-electron chi connectivity index (χ1n) is 7.79. The van der Waals surface area contributed by atoms with Crippen LogP contribution in [0.4, 0.5) is 0 Å². The maximum absolute atomic E-state index is 12.6. The van der Waals surface area contributed by atoms with Crippen molar-refractivity contribution >= 4 is 5.91 Å². The molecule has 2 fully saturated rings. The summed E-state index contributed by atoms with van der Waals surface area (Å²) in [6, 6.07) is 3.52. The standard InChI is InChI=1S/C15H24N4O/c1-2-7-19(15(20)11-18-8-3-6-16-18)14-9-12-4-5-13(10-14)17-12/h3,6,8,12-14,17H,2,4-5,7,9-11H2,1H3. The van der Waals surface area contributed by atoms with Crippen LogP contribution in [0.2, 0.25) is 0 Å². The molecule has 3 heterocycles. The Morgan fingerprint density at radius 2 is 2.15 bits per heavy atom. The molecule has 2 unspecified atom stereocenters. The summed E-state index contributed by atoms with van der Waals surface area (Å²) in [6.45, 7) is 3.38. The van der Waals surface area contributed by atoms with Gasteiger partial charge in [0.05, 0.1) is 0 Å². The van der Waals surface area contributed by atoms with Crippen LogP contribution in [-0.2, 0) is 11.3 Å². The Balaban J connectivity index is 1.66. The molecule has 1 N–H and O–H groups in total. The van der Waals surface area contributed by atoms with E-state index in [0.29, 0.717) is 24.7 Å². The van der Waals surface area contributed by atoms with Crippen molar-refractivity contribution in [3.63, 3.8) is 0 Å². The number of aromatic nitrogens is 2. The van der Waals surface area contributed by atoms with Crippen LogP contribution in [0, 0.1) is 0 Å².